The number of rotatable bonds is 12. The Labute approximate surface area is 232 Å². The largest absolute Gasteiger partial charge is 0.508 e. The lowest BCUT2D eigenvalue weighted by Gasteiger charge is -2.09. The number of ether oxygens (including phenoxy) is 3. The number of alkyl halides is 1. The van der Waals surface area contributed by atoms with Gasteiger partial charge in [-0.25, -0.2) is 0 Å². The number of aliphatic hydroxyl groups is 4. The zero-order valence-electron chi connectivity index (χ0n) is 21.2. The van der Waals surface area contributed by atoms with E-state index in [9.17, 15) is 9.59 Å². The van der Waals surface area contributed by atoms with Crippen LogP contribution in [0.2, 0.25) is 0 Å². The van der Waals surface area contributed by atoms with Crippen molar-refractivity contribution in [2.45, 2.75) is 59.5 Å². The van der Waals surface area contributed by atoms with E-state index in [2.05, 4.69) is 25.4 Å². The summed E-state index contributed by atoms with van der Waals surface area (Å²) in [7, 11) is 2.75. The fraction of sp³-hybridized carbons (Fsp3) is 0.481. The first-order valence-corrected chi connectivity index (χ1v) is 12.6. The maximum atomic E-state index is 10.9. The second-order valence-corrected chi connectivity index (χ2v) is 8.32. The van der Waals surface area contributed by atoms with Crippen molar-refractivity contribution in [3.63, 3.8) is 0 Å². The van der Waals surface area contributed by atoms with Gasteiger partial charge >= 0.3 is 11.9 Å². The van der Waals surface area contributed by atoms with Crippen molar-refractivity contribution >= 4 is 27.9 Å². The van der Waals surface area contributed by atoms with Crippen LogP contribution < -0.4 is 4.74 Å². The van der Waals surface area contributed by atoms with E-state index in [0.29, 0.717) is 53.9 Å². The lowest BCUT2D eigenvalue weighted by molar-refractivity contribution is -0.141. The first-order chi connectivity index (χ1) is 17.8. The molecule has 0 radical (unpaired) electrons. The molecule has 0 spiro atoms. The van der Waals surface area contributed by atoms with Gasteiger partial charge < -0.3 is 39.7 Å². The van der Waals surface area contributed by atoms with E-state index >= 15 is 0 Å². The first kappa shape index (κ1) is 37.5. The molecule has 10 nitrogen and oxygen atoms in total. The second-order valence-electron chi connectivity index (χ2n) is 7.52. The molecule has 0 aliphatic carbocycles. The Hall–Kier alpha value is -2.70. The van der Waals surface area contributed by atoms with Crippen molar-refractivity contribution in [3.8, 4) is 11.5 Å². The summed E-state index contributed by atoms with van der Waals surface area (Å²) in [6.45, 7) is -0.0730. The van der Waals surface area contributed by atoms with Gasteiger partial charge in [-0.3, -0.25) is 9.59 Å². The zero-order chi connectivity index (χ0) is 28.1. The van der Waals surface area contributed by atoms with Gasteiger partial charge in [-0.1, -0.05) is 35.5 Å². The van der Waals surface area contributed by atoms with E-state index in [-0.39, 0.29) is 51.5 Å². The fourth-order valence-corrected chi connectivity index (χ4v) is 3.02. The molecule has 2 aromatic carbocycles. The lowest BCUT2D eigenvalue weighted by atomic mass is 10.1. The molecule has 0 aromatic heterocycles. The zero-order valence-corrected chi connectivity index (χ0v) is 22.8. The van der Waals surface area contributed by atoms with Crippen molar-refractivity contribution in [2.75, 3.05) is 26.2 Å². The summed E-state index contributed by atoms with van der Waals surface area (Å²) in [6.07, 6.45) is 2.24. The van der Waals surface area contributed by atoms with Gasteiger partial charge in [-0.2, -0.15) is 0 Å². The van der Waals surface area contributed by atoms with Gasteiger partial charge in [0.15, 0.2) is 0 Å². The molecular formula is C27H41BrO10. The van der Waals surface area contributed by atoms with Crippen LogP contribution in [0.3, 0.4) is 0 Å². The molecule has 11 heteroatoms. The number of phenolic OH excluding ortho intramolecular Hbond substituents is 1. The fourth-order valence-electron chi connectivity index (χ4n) is 2.74. The van der Waals surface area contributed by atoms with Gasteiger partial charge in [0.25, 0.3) is 0 Å². The number of aromatic hydroxyl groups is 1. The van der Waals surface area contributed by atoms with Crippen LogP contribution in [0.5, 0.6) is 11.5 Å². The average Bonchev–Trinajstić information content (AvgIpc) is 2.93. The van der Waals surface area contributed by atoms with Crippen molar-refractivity contribution < 1.29 is 49.3 Å². The Kier molecular flexibility index (Phi) is 23.1. The van der Waals surface area contributed by atoms with E-state index in [1.54, 1.807) is 24.3 Å². The molecule has 0 saturated carbocycles. The third-order valence-corrected chi connectivity index (χ3v) is 5.12. The van der Waals surface area contributed by atoms with Crippen LogP contribution in [0, 0.1) is 0 Å². The molecular weight excluding hydrogens is 564 g/mol. The summed E-state index contributed by atoms with van der Waals surface area (Å²) < 4.78 is 14.4. The van der Waals surface area contributed by atoms with E-state index < -0.39 is 0 Å². The van der Waals surface area contributed by atoms with E-state index in [0.717, 1.165) is 11.8 Å². The van der Waals surface area contributed by atoms with Gasteiger partial charge in [0.2, 0.25) is 0 Å². The van der Waals surface area contributed by atoms with Crippen molar-refractivity contribution in [2.24, 2.45) is 0 Å². The van der Waals surface area contributed by atoms with Crippen molar-refractivity contribution in [1.82, 2.24) is 0 Å². The minimum atomic E-state index is -0.265. The number of methoxy groups -OCH3 is 2. The predicted molar refractivity (Wildman–Crippen MR) is 147 cm³/mol. The number of carbonyl (C=O) groups is 2. The van der Waals surface area contributed by atoms with Crippen molar-refractivity contribution in [1.29, 1.82) is 0 Å². The molecule has 0 amide bonds. The normalized spacial score (nSPS) is 9.55. The summed E-state index contributed by atoms with van der Waals surface area (Å²) in [4.78, 5) is 21.2. The highest BCUT2D eigenvalue weighted by Gasteiger charge is 2.03. The lowest BCUT2D eigenvalue weighted by Crippen LogP contribution is -2.05. The van der Waals surface area contributed by atoms with Crippen LogP contribution in [-0.2, 0) is 45.5 Å². The Morgan fingerprint density at radius 2 is 1.11 bits per heavy atom. The molecule has 2 rings (SSSR count). The van der Waals surface area contributed by atoms with Gasteiger partial charge in [-0.15, -0.1) is 0 Å². The van der Waals surface area contributed by atoms with Crippen LogP contribution >= 0.6 is 15.9 Å². The number of esters is 2. The van der Waals surface area contributed by atoms with Crippen molar-refractivity contribution in [3.05, 3.63) is 58.7 Å². The number of aliphatic hydroxyl groups excluding tert-OH is 4. The number of hydrogen-bond donors (Lipinski definition) is 5. The Morgan fingerprint density at radius 3 is 1.47 bits per heavy atom. The van der Waals surface area contributed by atoms with Crippen LogP contribution in [0.4, 0.5) is 0 Å². The van der Waals surface area contributed by atoms with E-state index in [1.807, 2.05) is 0 Å². The minimum Gasteiger partial charge on any atom is -0.508 e. The summed E-state index contributed by atoms with van der Waals surface area (Å²) in [5.41, 5.74) is 2.58. The maximum Gasteiger partial charge on any atom is 0.305 e. The van der Waals surface area contributed by atoms with Crippen LogP contribution in [0.25, 0.3) is 0 Å². The number of phenols is 1. The molecule has 0 bridgehead atoms. The average molecular weight is 606 g/mol. The van der Waals surface area contributed by atoms with Gasteiger partial charge in [0.1, 0.15) is 11.5 Å². The molecule has 0 aliphatic heterocycles. The molecule has 0 unspecified atom stereocenters. The summed E-state index contributed by atoms with van der Waals surface area (Å²) in [5, 5.41) is 45.4. The van der Waals surface area contributed by atoms with Gasteiger partial charge in [0, 0.05) is 18.2 Å². The molecule has 0 heterocycles. The summed E-state index contributed by atoms with van der Waals surface area (Å²) in [6, 6.07) is 9.67. The third-order valence-electron chi connectivity index (χ3n) is 4.56. The Morgan fingerprint density at radius 1 is 0.711 bits per heavy atom. The Bertz CT molecular complexity index is 876. The number of hydrogen-bond acceptors (Lipinski definition) is 10. The summed E-state index contributed by atoms with van der Waals surface area (Å²) in [5.74, 6) is 0.249. The maximum absolute atomic E-state index is 10.9. The molecule has 216 valence electrons. The number of benzene rings is 2. The predicted octanol–water partition coefficient (Wildman–Crippen LogP) is 3.35. The highest BCUT2D eigenvalue weighted by atomic mass is 79.9. The first-order valence-electron chi connectivity index (χ1n) is 11.5. The SMILES string of the molecule is C.COC(=O)CCCBr.COC(=O)CCCOc1cc(CO)cc(CO)c1.OCc1cc(O)cc(CO)c1. The molecule has 0 atom stereocenters. The van der Waals surface area contributed by atoms with Crippen LogP contribution in [-0.4, -0.2) is 63.6 Å². The minimum absolute atomic E-state index is 0. The van der Waals surface area contributed by atoms with Gasteiger partial charge in [-0.05, 0) is 59.4 Å². The molecule has 0 saturated heterocycles. The number of carbonyl (C=O) groups excluding carboxylic acids is 2. The molecule has 0 fully saturated rings. The molecule has 38 heavy (non-hydrogen) atoms. The Balaban J connectivity index is 0. The van der Waals surface area contributed by atoms with E-state index in [1.165, 1.54) is 26.4 Å². The van der Waals surface area contributed by atoms with Gasteiger partial charge in [0.05, 0.1) is 47.3 Å². The quantitative estimate of drug-likeness (QED) is 0.138. The third kappa shape index (κ3) is 17.7. The topological polar surface area (TPSA) is 163 Å². The van der Waals surface area contributed by atoms with Crippen LogP contribution in [0.15, 0.2) is 36.4 Å². The molecule has 0 aliphatic rings. The smallest absolute Gasteiger partial charge is 0.305 e. The second kappa shape index (κ2) is 23.4. The number of halogens is 1. The monoisotopic (exact) mass is 604 g/mol. The highest BCUT2D eigenvalue weighted by Crippen LogP contribution is 2.18. The highest BCUT2D eigenvalue weighted by molar-refractivity contribution is 9.09. The van der Waals surface area contributed by atoms with E-state index in [4.69, 9.17) is 30.3 Å². The standard InChI is InChI=1S/C13H18O5.C8H10O3.C5H9BrO2.CH4/c1-17-13(16)3-2-4-18-12-6-10(8-14)5-11(7-12)9-15;9-4-6-1-7(5-10)3-8(11)2-6;1-8-5(7)3-2-4-6;/h5-7,14-15H,2-4,8-9H2,1H3;1-3,9-11H,4-5H2;2-4H2,1H3;1H4. The molecule has 5 N–H and O–H groups in total. The molecule has 2 aromatic rings. The summed E-state index contributed by atoms with van der Waals surface area (Å²) >= 11 is 3.20. The van der Waals surface area contributed by atoms with Crippen LogP contribution in [0.1, 0.15) is 55.4 Å².